The van der Waals surface area contributed by atoms with Crippen molar-refractivity contribution in [3.63, 3.8) is 0 Å². The summed E-state index contributed by atoms with van der Waals surface area (Å²) in [5.74, 6) is 0. The predicted molar refractivity (Wildman–Crippen MR) is 89.6 cm³/mol. The van der Waals surface area contributed by atoms with Crippen LogP contribution in [0.25, 0.3) is 10.9 Å². The van der Waals surface area contributed by atoms with Gasteiger partial charge in [-0.1, -0.05) is 29.8 Å². The molecule has 21 heavy (non-hydrogen) atoms. The maximum Gasteiger partial charge on any atom is 0.0951 e. The molecule has 0 spiro atoms. The Labute approximate surface area is 128 Å². The van der Waals surface area contributed by atoms with Crippen molar-refractivity contribution in [2.75, 3.05) is 11.1 Å². The summed E-state index contributed by atoms with van der Waals surface area (Å²) in [6.07, 6.45) is 1.75. The van der Waals surface area contributed by atoms with Crippen LogP contribution in [0, 0.1) is 0 Å². The highest BCUT2D eigenvalue weighted by Crippen LogP contribution is 2.31. The van der Waals surface area contributed by atoms with Crippen LogP contribution in [-0.4, -0.2) is 4.98 Å². The van der Waals surface area contributed by atoms with Crippen molar-refractivity contribution in [2.24, 2.45) is 0 Å². The van der Waals surface area contributed by atoms with E-state index in [0.29, 0.717) is 5.69 Å². The zero-order chi connectivity index (χ0) is 14.8. The number of nitrogens with one attached hydrogen (secondary N) is 1. The fraction of sp³-hybridized carbons (Fsp3) is 0.118. The Bertz CT molecular complexity index is 786. The maximum atomic E-state index is 6.26. The van der Waals surface area contributed by atoms with Gasteiger partial charge >= 0.3 is 0 Å². The van der Waals surface area contributed by atoms with Gasteiger partial charge in [-0.15, -0.1) is 0 Å². The van der Waals surface area contributed by atoms with Gasteiger partial charge in [0.15, 0.2) is 0 Å². The molecule has 0 aliphatic heterocycles. The summed E-state index contributed by atoms with van der Waals surface area (Å²) in [4.78, 5) is 4.35. The first-order valence-corrected chi connectivity index (χ1v) is 7.19. The molecule has 0 aliphatic rings. The number of aromatic nitrogens is 1. The van der Waals surface area contributed by atoms with Crippen molar-refractivity contribution < 1.29 is 0 Å². The monoisotopic (exact) mass is 297 g/mol. The molecule has 0 amide bonds. The van der Waals surface area contributed by atoms with E-state index in [9.17, 15) is 0 Å². The van der Waals surface area contributed by atoms with Crippen LogP contribution in [0.1, 0.15) is 18.5 Å². The lowest BCUT2D eigenvalue weighted by atomic mass is 10.1. The Morgan fingerprint density at radius 1 is 1.10 bits per heavy atom. The first kappa shape index (κ1) is 13.7. The summed E-state index contributed by atoms with van der Waals surface area (Å²) < 4.78 is 0. The molecule has 0 aliphatic carbocycles. The third-order valence-corrected chi connectivity index (χ3v) is 3.89. The van der Waals surface area contributed by atoms with E-state index in [4.69, 9.17) is 17.3 Å². The van der Waals surface area contributed by atoms with Gasteiger partial charge in [0.1, 0.15) is 0 Å². The Balaban J connectivity index is 1.99. The molecule has 0 radical (unpaired) electrons. The molecule has 0 saturated heterocycles. The molecule has 1 unspecified atom stereocenters. The number of anilines is 2. The van der Waals surface area contributed by atoms with Gasteiger partial charge in [-0.25, -0.2) is 0 Å². The second-order valence-electron chi connectivity index (χ2n) is 4.99. The number of rotatable bonds is 3. The SMILES string of the molecule is CC(Nc1ccc(N)c2ncccc12)c1ccccc1Cl. The molecule has 1 aromatic heterocycles. The van der Waals surface area contributed by atoms with Gasteiger partial charge in [0.05, 0.1) is 17.2 Å². The van der Waals surface area contributed by atoms with Gasteiger partial charge in [0.2, 0.25) is 0 Å². The highest BCUT2D eigenvalue weighted by molar-refractivity contribution is 6.31. The van der Waals surface area contributed by atoms with Crippen LogP contribution < -0.4 is 11.1 Å². The van der Waals surface area contributed by atoms with Crippen LogP contribution in [0.3, 0.4) is 0 Å². The fourth-order valence-electron chi connectivity index (χ4n) is 2.46. The summed E-state index contributed by atoms with van der Waals surface area (Å²) >= 11 is 6.26. The van der Waals surface area contributed by atoms with Crippen LogP contribution in [0.2, 0.25) is 5.02 Å². The third kappa shape index (κ3) is 2.65. The molecular weight excluding hydrogens is 282 g/mol. The van der Waals surface area contributed by atoms with Crippen molar-refractivity contribution >= 4 is 33.9 Å². The van der Waals surface area contributed by atoms with E-state index < -0.39 is 0 Å². The quantitative estimate of drug-likeness (QED) is 0.692. The van der Waals surface area contributed by atoms with Crippen LogP contribution in [0.5, 0.6) is 0 Å². The van der Waals surface area contributed by atoms with E-state index in [0.717, 1.165) is 27.2 Å². The zero-order valence-electron chi connectivity index (χ0n) is 11.7. The molecule has 0 fully saturated rings. The smallest absolute Gasteiger partial charge is 0.0951 e. The van der Waals surface area contributed by atoms with Crippen molar-refractivity contribution in [3.05, 3.63) is 65.3 Å². The van der Waals surface area contributed by atoms with Crippen molar-refractivity contribution in [3.8, 4) is 0 Å². The largest absolute Gasteiger partial charge is 0.397 e. The van der Waals surface area contributed by atoms with Crippen molar-refractivity contribution in [1.82, 2.24) is 4.98 Å². The second kappa shape index (κ2) is 5.62. The fourth-order valence-corrected chi connectivity index (χ4v) is 2.76. The molecule has 0 bridgehead atoms. The highest BCUT2D eigenvalue weighted by atomic mass is 35.5. The summed E-state index contributed by atoms with van der Waals surface area (Å²) in [5, 5.41) is 5.26. The Kier molecular flexibility index (Phi) is 3.67. The predicted octanol–water partition coefficient (Wildman–Crippen LogP) is 4.64. The number of hydrogen-bond acceptors (Lipinski definition) is 3. The number of hydrogen-bond donors (Lipinski definition) is 2. The molecule has 4 heteroatoms. The van der Waals surface area contributed by atoms with E-state index in [1.165, 1.54) is 0 Å². The van der Waals surface area contributed by atoms with Gasteiger partial charge < -0.3 is 11.1 Å². The summed E-state index contributed by atoms with van der Waals surface area (Å²) in [5.41, 5.74) is 9.54. The molecule has 2 aromatic carbocycles. The summed E-state index contributed by atoms with van der Waals surface area (Å²) in [6, 6.07) is 15.7. The Morgan fingerprint density at radius 3 is 2.71 bits per heavy atom. The Hall–Kier alpha value is -2.26. The lowest BCUT2D eigenvalue weighted by Crippen LogP contribution is -2.08. The average Bonchev–Trinajstić information content (AvgIpc) is 2.51. The van der Waals surface area contributed by atoms with Crippen LogP contribution >= 0.6 is 11.6 Å². The minimum absolute atomic E-state index is 0.0886. The molecule has 0 saturated carbocycles. The topological polar surface area (TPSA) is 50.9 Å². The molecular formula is C17H16ClN3. The molecule has 3 aromatic rings. The minimum Gasteiger partial charge on any atom is -0.397 e. The van der Waals surface area contributed by atoms with E-state index in [-0.39, 0.29) is 6.04 Å². The third-order valence-electron chi connectivity index (χ3n) is 3.54. The van der Waals surface area contributed by atoms with E-state index in [2.05, 4.69) is 17.2 Å². The van der Waals surface area contributed by atoms with Gasteiger partial charge in [0, 0.05) is 22.3 Å². The average molecular weight is 298 g/mol. The molecule has 3 rings (SSSR count). The molecule has 3 nitrogen and oxygen atoms in total. The van der Waals surface area contributed by atoms with Crippen molar-refractivity contribution in [2.45, 2.75) is 13.0 Å². The molecule has 1 heterocycles. The second-order valence-corrected chi connectivity index (χ2v) is 5.40. The number of pyridine rings is 1. The Morgan fingerprint density at radius 2 is 1.90 bits per heavy atom. The standard InChI is InChI=1S/C17H16ClN3/c1-11(12-5-2-3-7-14(12)18)21-16-9-8-15(19)17-13(16)6-4-10-20-17/h2-11,21H,19H2,1H3. The first-order valence-electron chi connectivity index (χ1n) is 6.81. The number of fused-ring (bicyclic) bond motifs is 1. The van der Waals surface area contributed by atoms with E-state index in [1.54, 1.807) is 6.20 Å². The summed E-state index contributed by atoms with van der Waals surface area (Å²) in [7, 11) is 0. The lowest BCUT2D eigenvalue weighted by Gasteiger charge is -2.18. The highest BCUT2D eigenvalue weighted by Gasteiger charge is 2.11. The van der Waals surface area contributed by atoms with Crippen LogP contribution in [0.4, 0.5) is 11.4 Å². The van der Waals surface area contributed by atoms with Gasteiger partial charge in [0.25, 0.3) is 0 Å². The number of benzene rings is 2. The lowest BCUT2D eigenvalue weighted by molar-refractivity contribution is 0.887. The number of halogens is 1. The molecule has 106 valence electrons. The van der Waals surface area contributed by atoms with E-state index in [1.807, 2.05) is 48.5 Å². The number of nitrogen functional groups attached to an aromatic ring is 1. The maximum absolute atomic E-state index is 6.26. The van der Waals surface area contributed by atoms with Gasteiger partial charge in [-0.2, -0.15) is 0 Å². The van der Waals surface area contributed by atoms with E-state index >= 15 is 0 Å². The first-order chi connectivity index (χ1) is 10.2. The van der Waals surface area contributed by atoms with Gasteiger partial charge in [-0.05, 0) is 42.8 Å². The summed E-state index contributed by atoms with van der Waals surface area (Å²) in [6.45, 7) is 2.08. The van der Waals surface area contributed by atoms with Crippen LogP contribution in [0.15, 0.2) is 54.7 Å². The minimum atomic E-state index is 0.0886. The normalized spacial score (nSPS) is 12.3. The zero-order valence-corrected chi connectivity index (χ0v) is 12.4. The van der Waals surface area contributed by atoms with Crippen molar-refractivity contribution in [1.29, 1.82) is 0 Å². The van der Waals surface area contributed by atoms with Crippen LogP contribution in [-0.2, 0) is 0 Å². The number of nitrogens with two attached hydrogens (primary N) is 1. The molecule has 3 N–H and O–H groups in total. The van der Waals surface area contributed by atoms with Gasteiger partial charge in [-0.3, -0.25) is 4.98 Å². The molecule has 1 atom stereocenters. The number of nitrogens with zero attached hydrogens (tertiary/aromatic N) is 1.